The number of carbonyl (C=O) groups is 1. The molecule has 0 radical (unpaired) electrons. The van der Waals surface area contributed by atoms with Gasteiger partial charge in [0.05, 0.1) is 10.9 Å². The van der Waals surface area contributed by atoms with Crippen LogP contribution in [0, 0.1) is 0 Å². The maximum atomic E-state index is 13.2. The number of nitrogens with zero attached hydrogens (tertiary/aromatic N) is 2. The van der Waals surface area contributed by atoms with E-state index in [1.54, 1.807) is 22.5 Å². The molecule has 2 aromatic rings. The average Bonchev–Trinajstić information content (AvgIpc) is 3.22. The summed E-state index contributed by atoms with van der Waals surface area (Å²) in [7, 11) is -1.63. The molecule has 1 aromatic heterocycles. The molecule has 2 aliphatic rings. The number of nitrogens with one attached hydrogen (secondary N) is 1. The molecule has 1 amide bonds. The van der Waals surface area contributed by atoms with Crippen LogP contribution in [0.15, 0.2) is 41.4 Å². The number of sulfonamides is 1. The van der Waals surface area contributed by atoms with Crippen molar-refractivity contribution in [3.63, 3.8) is 0 Å². The number of rotatable bonds is 3. The zero-order valence-electron chi connectivity index (χ0n) is 14.1. The van der Waals surface area contributed by atoms with Gasteiger partial charge in [0.25, 0.3) is 0 Å². The molecule has 1 saturated heterocycles. The molecule has 1 N–H and O–H groups in total. The third-order valence-corrected chi connectivity index (χ3v) is 7.01. The highest BCUT2D eigenvalue weighted by molar-refractivity contribution is 7.89. The van der Waals surface area contributed by atoms with E-state index in [0.717, 1.165) is 29.8 Å². The van der Waals surface area contributed by atoms with Gasteiger partial charge < -0.3 is 9.88 Å². The smallest absolute Gasteiger partial charge is 0.243 e. The second-order valence-corrected chi connectivity index (χ2v) is 8.58. The van der Waals surface area contributed by atoms with Crippen molar-refractivity contribution < 1.29 is 13.2 Å². The molecule has 1 atom stereocenters. The number of aryl methyl sites for hydroxylation is 2. The Hall–Kier alpha value is -2.12. The van der Waals surface area contributed by atoms with E-state index in [-0.39, 0.29) is 11.9 Å². The van der Waals surface area contributed by atoms with Gasteiger partial charge in [-0.2, -0.15) is 4.31 Å². The third kappa shape index (κ3) is 2.77. The van der Waals surface area contributed by atoms with Crippen LogP contribution in [0.25, 0.3) is 0 Å². The Morgan fingerprint density at radius 1 is 1.20 bits per heavy atom. The van der Waals surface area contributed by atoms with Crippen LogP contribution in [0.3, 0.4) is 0 Å². The number of fused-ring (bicyclic) bond motifs is 1. The Labute approximate surface area is 147 Å². The van der Waals surface area contributed by atoms with Gasteiger partial charge in [-0.05, 0) is 55.2 Å². The van der Waals surface area contributed by atoms with Crippen LogP contribution in [-0.4, -0.2) is 29.7 Å². The van der Waals surface area contributed by atoms with Gasteiger partial charge in [0, 0.05) is 37.6 Å². The quantitative estimate of drug-likeness (QED) is 0.915. The second kappa shape index (κ2) is 6.00. The number of carbonyl (C=O) groups excluding carboxylic acids is 1. The number of anilines is 1. The minimum absolute atomic E-state index is 0.0218. The largest absolute Gasteiger partial charge is 0.353 e. The van der Waals surface area contributed by atoms with Crippen molar-refractivity contribution in [3.8, 4) is 0 Å². The van der Waals surface area contributed by atoms with Crippen LogP contribution in [0.1, 0.15) is 36.6 Å². The molecular weight excluding hydrogens is 338 g/mol. The molecule has 1 fully saturated rings. The standard InChI is InChI=1S/C18H21N3O3S/c1-20-10-2-4-16(20)17-5-3-11-21(17)25(23,24)14-7-8-15-13(12-14)6-9-18(22)19-15/h2,4,7-8,10,12,17H,3,5-6,9,11H2,1H3,(H,19,22)/t17-/m1/s1. The van der Waals surface area contributed by atoms with E-state index in [1.807, 2.05) is 29.9 Å². The third-order valence-electron chi connectivity index (χ3n) is 5.11. The first-order chi connectivity index (χ1) is 12.0. The summed E-state index contributed by atoms with van der Waals surface area (Å²) in [6, 6.07) is 8.82. The molecule has 25 heavy (non-hydrogen) atoms. The summed E-state index contributed by atoms with van der Waals surface area (Å²) in [5.74, 6) is -0.0218. The lowest BCUT2D eigenvalue weighted by molar-refractivity contribution is -0.116. The summed E-state index contributed by atoms with van der Waals surface area (Å²) < 4.78 is 30.1. The Kier molecular flexibility index (Phi) is 3.92. The summed E-state index contributed by atoms with van der Waals surface area (Å²) in [5.41, 5.74) is 2.62. The summed E-state index contributed by atoms with van der Waals surface area (Å²) in [6.45, 7) is 0.534. The van der Waals surface area contributed by atoms with Gasteiger partial charge in [0.1, 0.15) is 0 Å². The Morgan fingerprint density at radius 3 is 2.80 bits per heavy atom. The number of hydrogen-bond acceptors (Lipinski definition) is 3. The molecular formula is C18H21N3O3S. The average molecular weight is 359 g/mol. The van der Waals surface area contributed by atoms with Crippen molar-refractivity contribution in [1.29, 1.82) is 0 Å². The van der Waals surface area contributed by atoms with Gasteiger partial charge in [-0.3, -0.25) is 4.79 Å². The molecule has 2 aliphatic heterocycles. The predicted octanol–water partition coefficient (Wildman–Crippen LogP) is 2.44. The van der Waals surface area contributed by atoms with Crippen molar-refractivity contribution >= 4 is 21.6 Å². The molecule has 1 aromatic carbocycles. The zero-order chi connectivity index (χ0) is 17.6. The van der Waals surface area contributed by atoms with Crippen LogP contribution >= 0.6 is 0 Å². The number of benzene rings is 1. The summed E-state index contributed by atoms with van der Waals surface area (Å²) in [4.78, 5) is 11.8. The lowest BCUT2D eigenvalue weighted by atomic mass is 10.0. The normalized spacial score (nSPS) is 21.2. The van der Waals surface area contributed by atoms with Crippen molar-refractivity contribution in [2.45, 2.75) is 36.6 Å². The van der Waals surface area contributed by atoms with E-state index in [2.05, 4.69) is 5.32 Å². The second-order valence-electron chi connectivity index (χ2n) is 6.68. The first-order valence-electron chi connectivity index (χ1n) is 8.53. The first kappa shape index (κ1) is 16.4. The number of hydrogen-bond donors (Lipinski definition) is 1. The fourth-order valence-corrected chi connectivity index (χ4v) is 5.52. The molecule has 0 spiro atoms. The molecule has 0 aliphatic carbocycles. The van der Waals surface area contributed by atoms with Crippen LogP contribution in [-0.2, 0) is 28.3 Å². The highest BCUT2D eigenvalue weighted by atomic mass is 32.2. The first-order valence-corrected chi connectivity index (χ1v) is 9.97. The van der Waals surface area contributed by atoms with E-state index in [1.165, 1.54) is 0 Å². The van der Waals surface area contributed by atoms with Crippen molar-refractivity contribution in [2.75, 3.05) is 11.9 Å². The topological polar surface area (TPSA) is 71.4 Å². The fraction of sp³-hybridized carbons (Fsp3) is 0.389. The van der Waals surface area contributed by atoms with E-state index < -0.39 is 10.0 Å². The Morgan fingerprint density at radius 2 is 2.04 bits per heavy atom. The van der Waals surface area contributed by atoms with E-state index in [0.29, 0.717) is 24.3 Å². The molecule has 3 heterocycles. The van der Waals surface area contributed by atoms with Crippen LogP contribution in [0.2, 0.25) is 0 Å². The summed E-state index contributed by atoms with van der Waals surface area (Å²) >= 11 is 0. The van der Waals surface area contributed by atoms with E-state index in [4.69, 9.17) is 0 Å². The van der Waals surface area contributed by atoms with Gasteiger partial charge in [-0.25, -0.2) is 8.42 Å². The van der Waals surface area contributed by atoms with E-state index >= 15 is 0 Å². The van der Waals surface area contributed by atoms with Gasteiger partial charge in [-0.15, -0.1) is 0 Å². The molecule has 0 saturated carbocycles. The molecule has 0 unspecified atom stereocenters. The number of aromatic nitrogens is 1. The zero-order valence-corrected chi connectivity index (χ0v) is 14.9. The lowest BCUT2D eigenvalue weighted by Gasteiger charge is -2.25. The fourth-order valence-electron chi connectivity index (χ4n) is 3.80. The van der Waals surface area contributed by atoms with Crippen molar-refractivity contribution in [2.24, 2.45) is 7.05 Å². The predicted molar refractivity (Wildman–Crippen MR) is 94.7 cm³/mol. The van der Waals surface area contributed by atoms with Crippen LogP contribution in [0.4, 0.5) is 5.69 Å². The molecule has 0 bridgehead atoms. The summed E-state index contributed by atoms with van der Waals surface area (Å²) in [6.07, 6.45) is 4.60. The maximum absolute atomic E-state index is 13.2. The van der Waals surface area contributed by atoms with Gasteiger partial charge in [0.2, 0.25) is 15.9 Å². The van der Waals surface area contributed by atoms with Crippen LogP contribution < -0.4 is 5.32 Å². The Balaban J connectivity index is 1.70. The Bertz CT molecular complexity index is 933. The summed E-state index contributed by atoms with van der Waals surface area (Å²) in [5, 5.41) is 2.80. The number of amides is 1. The van der Waals surface area contributed by atoms with Crippen molar-refractivity contribution in [1.82, 2.24) is 8.87 Å². The monoisotopic (exact) mass is 359 g/mol. The SMILES string of the molecule is Cn1cccc1[C@H]1CCCN1S(=O)(=O)c1ccc2c(c1)CCC(=O)N2. The van der Waals surface area contributed by atoms with Crippen molar-refractivity contribution in [3.05, 3.63) is 47.8 Å². The van der Waals surface area contributed by atoms with Gasteiger partial charge >= 0.3 is 0 Å². The molecule has 132 valence electrons. The maximum Gasteiger partial charge on any atom is 0.243 e. The van der Waals surface area contributed by atoms with Crippen LogP contribution in [0.5, 0.6) is 0 Å². The molecule has 7 heteroatoms. The van der Waals surface area contributed by atoms with E-state index in [9.17, 15) is 13.2 Å². The molecule has 6 nitrogen and oxygen atoms in total. The van der Waals surface area contributed by atoms with Gasteiger partial charge in [-0.1, -0.05) is 0 Å². The molecule has 4 rings (SSSR count). The van der Waals surface area contributed by atoms with Gasteiger partial charge in [0.15, 0.2) is 0 Å². The minimum atomic E-state index is -3.57. The minimum Gasteiger partial charge on any atom is -0.353 e. The highest BCUT2D eigenvalue weighted by Gasteiger charge is 2.37. The highest BCUT2D eigenvalue weighted by Crippen LogP contribution is 2.37. The lowest BCUT2D eigenvalue weighted by Crippen LogP contribution is -2.31.